The van der Waals surface area contributed by atoms with E-state index in [2.05, 4.69) is 10.2 Å². The zero-order chi connectivity index (χ0) is 11.4. The minimum absolute atomic E-state index is 0.510. The van der Waals surface area contributed by atoms with Gasteiger partial charge in [-0.1, -0.05) is 29.4 Å². The van der Waals surface area contributed by atoms with Crippen molar-refractivity contribution in [2.45, 2.75) is 9.92 Å². The largest absolute Gasteiger partial charge is 0.480 e. The van der Waals surface area contributed by atoms with Gasteiger partial charge < -0.3 is 4.74 Å². The predicted octanol–water partition coefficient (Wildman–Crippen LogP) is 3.29. The van der Waals surface area contributed by atoms with Crippen molar-refractivity contribution in [3.8, 4) is 5.88 Å². The van der Waals surface area contributed by atoms with Gasteiger partial charge in [0.05, 0.1) is 7.11 Å². The number of aromatic nitrogens is 2. The normalized spacial score (nSPS) is 10.1. The molecule has 1 aromatic carbocycles. The van der Waals surface area contributed by atoms with Crippen LogP contribution in [0.15, 0.2) is 46.3 Å². The first kappa shape index (κ1) is 11.2. The van der Waals surface area contributed by atoms with Gasteiger partial charge in [0.15, 0.2) is 0 Å². The first-order chi connectivity index (χ1) is 7.78. The molecule has 0 radical (unpaired) electrons. The average Bonchev–Trinajstić information content (AvgIpc) is 2.30. The number of nitrogens with zero attached hydrogens (tertiary/aromatic N) is 2. The van der Waals surface area contributed by atoms with Crippen LogP contribution >= 0.6 is 23.4 Å². The minimum atomic E-state index is 0.510. The van der Waals surface area contributed by atoms with Crippen molar-refractivity contribution in [3.05, 3.63) is 41.4 Å². The van der Waals surface area contributed by atoms with Gasteiger partial charge in [-0.25, -0.2) is 0 Å². The van der Waals surface area contributed by atoms with E-state index in [0.29, 0.717) is 10.9 Å². The Labute approximate surface area is 103 Å². The van der Waals surface area contributed by atoms with E-state index in [-0.39, 0.29) is 0 Å². The van der Waals surface area contributed by atoms with Crippen molar-refractivity contribution >= 4 is 23.4 Å². The fourth-order valence-electron chi connectivity index (χ4n) is 1.12. The Morgan fingerprint density at radius 2 is 2.06 bits per heavy atom. The summed E-state index contributed by atoms with van der Waals surface area (Å²) in [4.78, 5) is 1.03. The molecule has 0 N–H and O–H groups in total. The first-order valence-corrected chi connectivity index (χ1v) is 5.78. The Bertz CT molecular complexity index is 476. The van der Waals surface area contributed by atoms with Gasteiger partial charge in [0.25, 0.3) is 0 Å². The molecule has 0 bridgehead atoms. The quantitative estimate of drug-likeness (QED) is 0.840. The Kier molecular flexibility index (Phi) is 3.64. The van der Waals surface area contributed by atoms with Crippen molar-refractivity contribution in [2.75, 3.05) is 7.11 Å². The van der Waals surface area contributed by atoms with E-state index in [1.165, 1.54) is 11.8 Å². The molecule has 0 fully saturated rings. The van der Waals surface area contributed by atoms with Crippen LogP contribution in [0, 0.1) is 0 Å². The number of ether oxygens (including phenoxy) is 1. The molecule has 0 aliphatic carbocycles. The summed E-state index contributed by atoms with van der Waals surface area (Å²) in [5.74, 6) is 0.510. The molecule has 2 rings (SSSR count). The second-order valence-electron chi connectivity index (χ2n) is 2.97. The Morgan fingerprint density at radius 1 is 1.19 bits per heavy atom. The lowest BCUT2D eigenvalue weighted by Gasteiger charge is -2.01. The van der Waals surface area contributed by atoms with Crippen molar-refractivity contribution in [1.82, 2.24) is 10.2 Å². The number of benzene rings is 1. The molecule has 1 heterocycles. The summed E-state index contributed by atoms with van der Waals surface area (Å²) in [5.41, 5.74) is 0. The Balaban J connectivity index is 2.14. The second-order valence-corrected chi connectivity index (χ2v) is 4.50. The molecular formula is C11H9ClN2OS. The maximum atomic E-state index is 5.89. The van der Waals surface area contributed by atoms with E-state index < -0.39 is 0 Å². The van der Waals surface area contributed by atoms with Crippen LogP contribution in [0.4, 0.5) is 0 Å². The van der Waals surface area contributed by atoms with Crippen LogP contribution < -0.4 is 4.74 Å². The highest BCUT2D eigenvalue weighted by molar-refractivity contribution is 7.99. The summed E-state index contributed by atoms with van der Waals surface area (Å²) >= 11 is 7.40. The number of rotatable bonds is 3. The second kappa shape index (κ2) is 5.18. The molecule has 16 heavy (non-hydrogen) atoms. The maximum Gasteiger partial charge on any atom is 0.233 e. The first-order valence-electron chi connectivity index (χ1n) is 4.59. The fraction of sp³-hybridized carbons (Fsp3) is 0.0909. The Hall–Kier alpha value is -1.26. The SMILES string of the molecule is COc1ccc(Sc2cccc(Cl)c2)nn1. The molecule has 0 amide bonds. The third-order valence-corrected chi connectivity index (χ3v) is 2.99. The summed E-state index contributed by atoms with van der Waals surface area (Å²) in [6.45, 7) is 0. The number of methoxy groups -OCH3 is 1. The average molecular weight is 253 g/mol. The lowest BCUT2D eigenvalue weighted by atomic mass is 10.4. The van der Waals surface area contributed by atoms with Crippen LogP contribution in [-0.4, -0.2) is 17.3 Å². The van der Waals surface area contributed by atoms with E-state index in [0.717, 1.165) is 9.92 Å². The minimum Gasteiger partial charge on any atom is -0.480 e. The maximum absolute atomic E-state index is 5.89. The third kappa shape index (κ3) is 2.87. The van der Waals surface area contributed by atoms with Gasteiger partial charge >= 0.3 is 0 Å². The lowest BCUT2D eigenvalue weighted by molar-refractivity contribution is 0.390. The molecular weight excluding hydrogens is 244 g/mol. The molecule has 1 aromatic heterocycles. The predicted molar refractivity (Wildman–Crippen MR) is 64.2 cm³/mol. The van der Waals surface area contributed by atoms with Crippen molar-refractivity contribution < 1.29 is 4.74 Å². The molecule has 0 unspecified atom stereocenters. The molecule has 82 valence electrons. The molecule has 0 saturated carbocycles. The highest BCUT2D eigenvalue weighted by Crippen LogP contribution is 2.27. The van der Waals surface area contributed by atoms with Gasteiger partial charge in [-0.05, 0) is 24.3 Å². The number of hydrogen-bond donors (Lipinski definition) is 0. The summed E-state index contributed by atoms with van der Waals surface area (Å²) in [6, 6.07) is 11.2. The van der Waals surface area contributed by atoms with E-state index in [1.807, 2.05) is 30.3 Å². The molecule has 2 aromatic rings. The monoisotopic (exact) mass is 252 g/mol. The van der Waals surface area contributed by atoms with Crippen LogP contribution in [0.5, 0.6) is 5.88 Å². The topological polar surface area (TPSA) is 35.0 Å². The van der Waals surface area contributed by atoms with Gasteiger partial charge in [0.2, 0.25) is 5.88 Å². The summed E-state index contributed by atoms with van der Waals surface area (Å²) in [5, 5.41) is 9.43. The standard InChI is InChI=1S/C11H9ClN2OS/c1-15-10-5-6-11(14-13-10)16-9-4-2-3-8(12)7-9/h2-7H,1H3. The van der Waals surface area contributed by atoms with Gasteiger partial charge in [-0.15, -0.1) is 10.2 Å². The van der Waals surface area contributed by atoms with Crippen molar-refractivity contribution in [2.24, 2.45) is 0 Å². The molecule has 0 atom stereocenters. The van der Waals surface area contributed by atoms with E-state index in [4.69, 9.17) is 16.3 Å². The lowest BCUT2D eigenvalue weighted by Crippen LogP contribution is -1.90. The molecule has 5 heteroatoms. The van der Waals surface area contributed by atoms with Crippen LogP contribution in [0.2, 0.25) is 5.02 Å². The number of halogens is 1. The summed E-state index contributed by atoms with van der Waals surface area (Å²) < 4.78 is 4.93. The van der Waals surface area contributed by atoms with Gasteiger partial charge in [0.1, 0.15) is 5.03 Å². The van der Waals surface area contributed by atoms with Gasteiger partial charge in [-0.3, -0.25) is 0 Å². The Morgan fingerprint density at radius 3 is 2.69 bits per heavy atom. The van der Waals surface area contributed by atoms with Crippen LogP contribution in [0.25, 0.3) is 0 Å². The van der Waals surface area contributed by atoms with Gasteiger partial charge in [0, 0.05) is 16.0 Å². The van der Waals surface area contributed by atoms with Crippen molar-refractivity contribution in [3.63, 3.8) is 0 Å². The van der Waals surface area contributed by atoms with Gasteiger partial charge in [-0.2, -0.15) is 0 Å². The van der Waals surface area contributed by atoms with Crippen LogP contribution in [0.3, 0.4) is 0 Å². The molecule has 0 aliphatic heterocycles. The molecule has 3 nitrogen and oxygen atoms in total. The smallest absolute Gasteiger partial charge is 0.233 e. The third-order valence-electron chi connectivity index (χ3n) is 1.84. The summed E-state index contributed by atoms with van der Waals surface area (Å²) in [7, 11) is 1.56. The van der Waals surface area contributed by atoms with E-state index >= 15 is 0 Å². The zero-order valence-electron chi connectivity index (χ0n) is 8.55. The van der Waals surface area contributed by atoms with Crippen LogP contribution in [0.1, 0.15) is 0 Å². The zero-order valence-corrected chi connectivity index (χ0v) is 10.1. The molecule has 0 spiro atoms. The summed E-state index contributed by atoms with van der Waals surface area (Å²) in [6.07, 6.45) is 0. The fourth-order valence-corrected chi connectivity index (χ4v) is 2.17. The highest BCUT2D eigenvalue weighted by atomic mass is 35.5. The molecule has 0 saturated heterocycles. The number of hydrogen-bond acceptors (Lipinski definition) is 4. The van der Waals surface area contributed by atoms with E-state index in [9.17, 15) is 0 Å². The van der Waals surface area contributed by atoms with Crippen molar-refractivity contribution in [1.29, 1.82) is 0 Å². The molecule has 0 aliphatic rings. The highest BCUT2D eigenvalue weighted by Gasteiger charge is 2.01. The van der Waals surface area contributed by atoms with E-state index in [1.54, 1.807) is 13.2 Å². The van der Waals surface area contributed by atoms with Crippen LogP contribution in [-0.2, 0) is 0 Å².